The zero-order valence-electron chi connectivity index (χ0n) is 22.6. The molecule has 0 saturated heterocycles. The molecule has 0 radical (unpaired) electrons. The molecule has 202 valence electrons. The Bertz CT molecular complexity index is 1340. The highest BCUT2D eigenvalue weighted by Gasteiger charge is 2.32. The highest BCUT2D eigenvalue weighted by molar-refractivity contribution is 7.92. The smallest absolute Gasteiger partial charge is 0.264 e. The number of sulfonamides is 1. The van der Waals surface area contributed by atoms with Crippen molar-refractivity contribution >= 4 is 27.5 Å². The quantitative estimate of drug-likeness (QED) is 0.337. The number of carbonyl (C=O) groups excluding carboxylic acids is 2. The Balaban J connectivity index is 2.00. The van der Waals surface area contributed by atoms with Crippen LogP contribution >= 0.6 is 0 Å². The highest BCUT2D eigenvalue weighted by Crippen LogP contribution is 2.25. The minimum atomic E-state index is -4.06. The molecule has 0 aliphatic carbocycles. The maximum absolute atomic E-state index is 13.9. The SMILES string of the molecule is CCCCNC(=O)[C@H](C)N(Cc1ccccc1C)C(=O)CN(c1cccc(C)c1)S(=O)(=O)c1ccccc1. The van der Waals surface area contributed by atoms with Crippen molar-refractivity contribution in [3.63, 3.8) is 0 Å². The van der Waals surface area contributed by atoms with Gasteiger partial charge >= 0.3 is 0 Å². The summed E-state index contributed by atoms with van der Waals surface area (Å²) in [5, 5.41) is 2.90. The van der Waals surface area contributed by atoms with Crippen LogP contribution in [0.15, 0.2) is 83.8 Å². The van der Waals surface area contributed by atoms with Gasteiger partial charge in [0.05, 0.1) is 10.6 Å². The van der Waals surface area contributed by atoms with Gasteiger partial charge in [-0.05, 0) is 68.1 Å². The molecule has 0 aliphatic rings. The molecule has 2 amide bonds. The molecule has 0 fully saturated rings. The molecule has 3 aromatic carbocycles. The van der Waals surface area contributed by atoms with Crippen LogP contribution in [-0.4, -0.2) is 44.3 Å². The van der Waals surface area contributed by atoms with Crippen molar-refractivity contribution in [1.29, 1.82) is 0 Å². The number of hydrogen-bond donors (Lipinski definition) is 1. The van der Waals surface area contributed by atoms with Gasteiger partial charge in [0.25, 0.3) is 10.0 Å². The zero-order chi connectivity index (χ0) is 27.7. The van der Waals surface area contributed by atoms with Crippen LogP contribution in [0.2, 0.25) is 0 Å². The second kappa shape index (κ2) is 13.2. The predicted molar refractivity (Wildman–Crippen MR) is 151 cm³/mol. The van der Waals surface area contributed by atoms with Crippen molar-refractivity contribution in [2.24, 2.45) is 0 Å². The van der Waals surface area contributed by atoms with Crippen LogP contribution in [0, 0.1) is 13.8 Å². The maximum Gasteiger partial charge on any atom is 0.264 e. The summed E-state index contributed by atoms with van der Waals surface area (Å²) in [5.74, 6) is -0.735. The van der Waals surface area contributed by atoms with E-state index in [0.29, 0.717) is 12.2 Å². The summed E-state index contributed by atoms with van der Waals surface area (Å²) in [6.07, 6.45) is 1.77. The number of carbonyl (C=O) groups is 2. The Morgan fingerprint density at radius 2 is 1.61 bits per heavy atom. The lowest BCUT2D eigenvalue weighted by molar-refractivity contribution is -0.139. The number of unbranched alkanes of at least 4 members (excludes halogenated alkanes) is 1. The Labute approximate surface area is 226 Å². The van der Waals surface area contributed by atoms with E-state index in [1.165, 1.54) is 17.0 Å². The van der Waals surface area contributed by atoms with Crippen LogP contribution in [0.1, 0.15) is 43.4 Å². The molecule has 0 unspecified atom stereocenters. The number of rotatable bonds is 12. The molecule has 7 nitrogen and oxygen atoms in total. The fourth-order valence-electron chi connectivity index (χ4n) is 4.12. The lowest BCUT2D eigenvalue weighted by atomic mass is 10.1. The Hall–Kier alpha value is -3.65. The molecule has 38 heavy (non-hydrogen) atoms. The maximum atomic E-state index is 13.9. The average molecular weight is 536 g/mol. The Kier molecular flexibility index (Phi) is 10.1. The van der Waals surface area contributed by atoms with E-state index >= 15 is 0 Å². The molecular formula is C30H37N3O4S. The van der Waals surface area contributed by atoms with E-state index in [1.807, 2.05) is 51.1 Å². The zero-order valence-corrected chi connectivity index (χ0v) is 23.4. The van der Waals surface area contributed by atoms with Gasteiger partial charge in [0.1, 0.15) is 12.6 Å². The average Bonchev–Trinajstić information content (AvgIpc) is 2.91. The third-order valence-electron chi connectivity index (χ3n) is 6.50. The number of anilines is 1. The number of hydrogen-bond acceptors (Lipinski definition) is 4. The van der Waals surface area contributed by atoms with E-state index in [0.717, 1.165) is 33.8 Å². The minimum absolute atomic E-state index is 0.0881. The van der Waals surface area contributed by atoms with Crippen LogP contribution < -0.4 is 9.62 Å². The molecule has 0 bridgehead atoms. The molecule has 0 heterocycles. The van der Waals surface area contributed by atoms with Crippen molar-refractivity contribution in [2.75, 3.05) is 17.4 Å². The highest BCUT2D eigenvalue weighted by atomic mass is 32.2. The molecule has 0 saturated carbocycles. The van der Waals surface area contributed by atoms with E-state index in [2.05, 4.69) is 5.32 Å². The van der Waals surface area contributed by atoms with E-state index in [1.54, 1.807) is 43.3 Å². The lowest BCUT2D eigenvalue weighted by Gasteiger charge is -2.32. The number of benzene rings is 3. The van der Waals surface area contributed by atoms with Crippen molar-refractivity contribution in [1.82, 2.24) is 10.2 Å². The van der Waals surface area contributed by atoms with Crippen molar-refractivity contribution in [3.05, 3.63) is 95.6 Å². The van der Waals surface area contributed by atoms with Gasteiger partial charge in [0.2, 0.25) is 11.8 Å². The van der Waals surface area contributed by atoms with Gasteiger partial charge in [-0.25, -0.2) is 8.42 Å². The molecule has 0 aromatic heterocycles. The summed E-state index contributed by atoms with van der Waals surface area (Å²) in [6, 6.07) is 22.0. The van der Waals surface area contributed by atoms with Gasteiger partial charge < -0.3 is 10.2 Å². The van der Waals surface area contributed by atoms with Gasteiger partial charge in [0, 0.05) is 13.1 Å². The molecule has 1 atom stereocenters. The van der Waals surface area contributed by atoms with E-state index in [4.69, 9.17) is 0 Å². The topological polar surface area (TPSA) is 86.8 Å². The number of aryl methyl sites for hydroxylation is 2. The fraction of sp³-hybridized carbons (Fsp3) is 0.333. The summed E-state index contributed by atoms with van der Waals surface area (Å²) in [6.45, 7) is 7.79. The first kappa shape index (κ1) is 28.9. The second-order valence-electron chi connectivity index (χ2n) is 9.43. The van der Waals surface area contributed by atoms with Crippen LogP contribution in [-0.2, 0) is 26.2 Å². The van der Waals surface area contributed by atoms with E-state index in [-0.39, 0.29) is 17.3 Å². The largest absolute Gasteiger partial charge is 0.354 e. The molecule has 8 heteroatoms. The first-order valence-electron chi connectivity index (χ1n) is 12.9. The fourth-order valence-corrected chi connectivity index (χ4v) is 5.55. The van der Waals surface area contributed by atoms with Crippen molar-refractivity contribution in [2.45, 2.75) is 58.0 Å². The van der Waals surface area contributed by atoms with E-state index < -0.39 is 28.5 Å². The van der Waals surface area contributed by atoms with Crippen LogP contribution in [0.4, 0.5) is 5.69 Å². The monoisotopic (exact) mass is 535 g/mol. The molecule has 3 rings (SSSR count). The lowest BCUT2D eigenvalue weighted by Crippen LogP contribution is -2.51. The molecular weight excluding hydrogens is 498 g/mol. The summed E-state index contributed by atoms with van der Waals surface area (Å²) in [4.78, 5) is 28.5. The summed E-state index contributed by atoms with van der Waals surface area (Å²) in [5.41, 5.74) is 3.13. The predicted octanol–water partition coefficient (Wildman–Crippen LogP) is 4.83. The standard InChI is InChI=1S/C30H37N3O4S/c1-5-6-19-31-30(35)25(4)32(21-26-15-11-10-14-24(26)3)29(34)22-33(27-16-12-13-23(2)20-27)38(36,37)28-17-8-7-9-18-28/h7-18,20,25H,5-6,19,21-22H2,1-4H3,(H,31,35)/t25-/m0/s1. The van der Waals surface area contributed by atoms with Crippen LogP contribution in [0.25, 0.3) is 0 Å². The third kappa shape index (κ3) is 7.22. The number of nitrogens with one attached hydrogen (secondary N) is 1. The summed E-state index contributed by atoms with van der Waals surface area (Å²) < 4.78 is 28.7. The van der Waals surface area contributed by atoms with Crippen LogP contribution in [0.5, 0.6) is 0 Å². The van der Waals surface area contributed by atoms with Gasteiger partial charge in [-0.3, -0.25) is 13.9 Å². The Morgan fingerprint density at radius 3 is 2.26 bits per heavy atom. The van der Waals surface area contributed by atoms with Gasteiger partial charge in [-0.15, -0.1) is 0 Å². The van der Waals surface area contributed by atoms with E-state index in [9.17, 15) is 18.0 Å². The molecule has 1 N–H and O–H groups in total. The number of nitrogens with zero attached hydrogens (tertiary/aromatic N) is 2. The van der Waals surface area contributed by atoms with Gasteiger partial charge in [-0.1, -0.05) is 67.9 Å². The Morgan fingerprint density at radius 1 is 0.921 bits per heavy atom. The number of amides is 2. The summed E-state index contributed by atoms with van der Waals surface area (Å²) in [7, 11) is -4.06. The summed E-state index contributed by atoms with van der Waals surface area (Å²) >= 11 is 0. The van der Waals surface area contributed by atoms with Crippen molar-refractivity contribution < 1.29 is 18.0 Å². The second-order valence-corrected chi connectivity index (χ2v) is 11.3. The normalized spacial score (nSPS) is 12.0. The first-order valence-corrected chi connectivity index (χ1v) is 14.3. The molecule has 0 aliphatic heterocycles. The molecule has 3 aromatic rings. The molecule has 0 spiro atoms. The third-order valence-corrected chi connectivity index (χ3v) is 8.29. The first-order chi connectivity index (χ1) is 18.1. The van der Waals surface area contributed by atoms with Gasteiger partial charge in [0.15, 0.2) is 0 Å². The van der Waals surface area contributed by atoms with Crippen LogP contribution in [0.3, 0.4) is 0 Å². The van der Waals surface area contributed by atoms with Gasteiger partial charge in [-0.2, -0.15) is 0 Å². The van der Waals surface area contributed by atoms with Crippen molar-refractivity contribution in [3.8, 4) is 0 Å². The minimum Gasteiger partial charge on any atom is -0.354 e.